The van der Waals surface area contributed by atoms with Crippen LogP contribution in [0.3, 0.4) is 0 Å². The summed E-state index contributed by atoms with van der Waals surface area (Å²) in [7, 11) is 1.65. The molecule has 0 unspecified atom stereocenters. The van der Waals surface area contributed by atoms with Crippen LogP contribution >= 0.6 is 0 Å². The second-order valence-electron chi connectivity index (χ2n) is 9.91. The van der Waals surface area contributed by atoms with E-state index in [0.717, 1.165) is 54.7 Å². The van der Waals surface area contributed by atoms with Crippen molar-refractivity contribution < 1.29 is 19.6 Å². The number of carbonyl (C=O) groups is 2. The normalized spacial score (nSPS) is 31.1. The molecule has 1 aromatic rings. The van der Waals surface area contributed by atoms with Crippen LogP contribution < -0.4 is 20.7 Å². The summed E-state index contributed by atoms with van der Waals surface area (Å²) >= 11 is 0. The fourth-order valence-corrected chi connectivity index (χ4v) is 6.53. The predicted octanol–water partition coefficient (Wildman–Crippen LogP) is 2.89. The van der Waals surface area contributed by atoms with Crippen LogP contribution in [0.1, 0.15) is 70.4 Å². The Labute approximate surface area is 179 Å². The van der Waals surface area contributed by atoms with Gasteiger partial charge in [0, 0.05) is 17.5 Å². The van der Waals surface area contributed by atoms with Crippen LogP contribution in [0.15, 0.2) is 24.3 Å². The molecule has 1 aromatic carbocycles. The standard InChI is InChI=1S/C24H35N3O3/c1-4-21(19-5-7-20(30-3)8-6-19)25-15(2)22(28)26-23(29)27-24-12-16-9-17(13-24)11-18(10-16)14-24/h5-8,15-18,21,25H,4,9-14H2,1-3H3,(H2,26,27,28,29)/p+1/t15-,16?,17?,18?,21-,24?/m0/s1. The molecule has 2 atom stereocenters. The van der Waals surface area contributed by atoms with Crippen molar-refractivity contribution in [1.82, 2.24) is 10.6 Å². The lowest BCUT2D eigenvalue weighted by molar-refractivity contribution is -0.713. The summed E-state index contributed by atoms with van der Waals surface area (Å²) in [4.78, 5) is 25.4. The Morgan fingerprint density at radius 2 is 1.67 bits per heavy atom. The maximum absolute atomic E-state index is 12.7. The predicted molar refractivity (Wildman–Crippen MR) is 115 cm³/mol. The number of rotatable bonds is 7. The third kappa shape index (κ3) is 4.48. The number of amides is 3. The number of urea groups is 1. The molecule has 4 aliphatic rings. The van der Waals surface area contributed by atoms with Crippen molar-refractivity contribution in [2.45, 2.75) is 76.4 Å². The highest BCUT2D eigenvalue weighted by molar-refractivity contribution is 5.96. The lowest BCUT2D eigenvalue weighted by atomic mass is 9.53. The summed E-state index contributed by atoms with van der Waals surface area (Å²) in [6, 6.07) is 7.44. The maximum Gasteiger partial charge on any atom is 0.322 e. The molecule has 0 aliphatic heterocycles. The Hall–Kier alpha value is -2.08. The Bertz CT molecular complexity index is 741. The van der Waals surface area contributed by atoms with Crippen LogP contribution in [0.2, 0.25) is 0 Å². The topological polar surface area (TPSA) is 84.0 Å². The lowest BCUT2D eigenvalue weighted by Crippen LogP contribution is -2.92. The first-order chi connectivity index (χ1) is 14.4. The van der Waals surface area contributed by atoms with Crippen LogP contribution in [0.5, 0.6) is 5.75 Å². The van der Waals surface area contributed by atoms with Gasteiger partial charge in [-0.15, -0.1) is 0 Å². The number of carbonyl (C=O) groups excluding carboxylic acids is 2. The quantitative estimate of drug-likeness (QED) is 0.641. The van der Waals surface area contributed by atoms with Crippen LogP contribution in [0.4, 0.5) is 4.79 Å². The molecule has 30 heavy (non-hydrogen) atoms. The van der Waals surface area contributed by atoms with E-state index in [1.54, 1.807) is 7.11 Å². The fraction of sp³-hybridized carbons (Fsp3) is 0.667. The second-order valence-corrected chi connectivity index (χ2v) is 9.91. The highest BCUT2D eigenvalue weighted by Crippen LogP contribution is 2.55. The molecule has 0 saturated heterocycles. The van der Waals surface area contributed by atoms with E-state index in [0.29, 0.717) is 0 Å². The van der Waals surface area contributed by atoms with Gasteiger partial charge in [-0.2, -0.15) is 0 Å². The number of ether oxygens (including phenoxy) is 1. The van der Waals surface area contributed by atoms with Crippen LogP contribution in [0.25, 0.3) is 0 Å². The average molecular weight is 415 g/mol. The SMILES string of the molecule is CC[C@H]([NH2+][C@@H](C)C(=O)NC(=O)NC12CC3CC(CC(C3)C1)C2)c1ccc(OC)cc1. The van der Waals surface area contributed by atoms with Crippen molar-refractivity contribution in [3.05, 3.63) is 29.8 Å². The van der Waals surface area contributed by atoms with E-state index >= 15 is 0 Å². The van der Waals surface area contributed by atoms with E-state index in [4.69, 9.17) is 4.74 Å². The van der Waals surface area contributed by atoms with Crippen molar-refractivity contribution in [2.75, 3.05) is 7.11 Å². The summed E-state index contributed by atoms with van der Waals surface area (Å²) in [5, 5.41) is 7.87. The molecule has 5 rings (SSSR count). The number of benzene rings is 1. The van der Waals surface area contributed by atoms with Gasteiger partial charge in [0.15, 0.2) is 6.04 Å². The summed E-state index contributed by atoms with van der Waals surface area (Å²) < 4.78 is 5.23. The molecule has 0 radical (unpaired) electrons. The molecule has 4 bridgehead atoms. The molecular weight excluding hydrogens is 378 g/mol. The molecule has 0 heterocycles. The Morgan fingerprint density at radius 1 is 1.10 bits per heavy atom. The highest BCUT2D eigenvalue weighted by Gasteiger charge is 2.51. The molecule has 3 amide bonds. The summed E-state index contributed by atoms with van der Waals surface area (Å²) in [6.07, 6.45) is 8.13. The average Bonchev–Trinajstić information content (AvgIpc) is 2.70. The van der Waals surface area contributed by atoms with E-state index in [1.807, 2.05) is 36.5 Å². The third-order valence-corrected chi connectivity index (χ3v) is 7.57. The number of hydrogen-bond acceptors (Lipinski definition) is 3. The molecule has 4 fully saturated rings. The Kier molecular flexibility index (Phi) is 6.05. The Morgan fingerprint density at radius 3 is 2.17 bits per heavy atom. The van der Waals surface area contributed by atoms with Gasteiger partial charge in [0.25, 0.3) is 5.91 Å². The van der Waals surface area contributed by atoms with E-state index in [9.17, 15) is 9.59 Å². The van der Waals surface area contributed by atoms with Crippen LogP contribution in [0, 0.1) is 17.8 Å². The van der Waals surface area contributed by atoms with E-state index < -0.39 is 0 Å². The van der Waals surface area contributed by atoms with E-state index in [1.165, 1.54) is 19.3 Å². The zero-order chi connectivity index (χ0) is 21.3. The van der Waals surface area contributed by atoms with Gasteiger partial charge in [0.2, 0.25) is 0 Å². The number of hydrogen-bond donors (Lipinski definition) is 3. The van der Waals surface area contributed by atoms with Crippen molar-refractivity contribution in [1.29, 1.82) is 0 Å². The Balaban J connectivity index is 1.31. The van der Waals surface area contributed by atoms with Crippen molar-refractivity contribution in [3.8, 4) is 5.75 Å². The van der Waals surface area contributed by atoms with E-state index in [-0.39, 0.29) is 29.6 Å². The van der Waals surface area contributed by atoms with Crippen molar-refractivity contribution >= 4 is 11.9 Å². The number of imide groups is 1. The molecule has 6 heteroatoms. The van der Waals surface area contributed by atoms with Gasteiger partial charge in [-0.3, -0.25) is 10.1 Å². The van der Waals surface area contributed by atoms with Gasteiger partial charge < -0.3 is 15.4 Å². The minimum atomic E-state index is -0.348. The zero-order valence-electron chi connectivity index (χ0n) is 18.4. The van der Waals surface area contributed by atoms with Gasteiger partial charge in [-0.05, 0) is 87.5 Å². The third-order valence-electron chi connectivity index (χ3n) is 7.57. The van der Waals surface area contributed by atoms with Gasteiger partial charge in [-0.25, -0.2) is 4.79 Å². The van der Waals surface area contributed by atoms with Gasteiger partial charge in [0.1, 0.15) is 11.8 Å². The number of methoxy groups -OCH3 is 1. The molecular formula is C24H36N3O3+. The largest absolute Gasteiger partial charge is 0.497 e. The minimum Gasteiger partial charge on any atom is -0.497 e. The van der Waals surface area contributed by atoms with Crippen LogP contribution in [-0.2, 0) is 4.79 Å². The number of quaternary nitrogens is 1. The summed E-state index contributed by atoms with van der Waals surface area (Å²) in [5.74, 6) is 2.86. The molecule has 164 valence electrons. The molecule has 0 aromatic heterocycles. The molecule has 4 N–H and O–H groups in total. The first-order valence-electron chi connectivity index (χ1n) is 11.5. The van der Waals surface area contributed by atoms with Crippen molar-refractivity contribution in [2.24, 2.45) is 17.8 Å². The summed E-state index contributed by atoms with van der Waals surface area (Å²) in [6.45, 7) is 3.97. The van der Waals surface area contributed by atoms with Gasteiger partial charge in [0.05, 0.1) is 7.11 Å². The first-order valence-corrected chi connectivity index (χ1v) is 11.5. The second kappa shape index (κ2) is 8.58. The lowest BCUT2D eigenvalue weighted by Gasteiger charge is -2.56. The maximum atomic E-state index is 12.7. The first kappa shape index (κ1) is 21.2. The number of nitrogens with one attached hydrogen (secondary N) is 2. The molecule has 4 aliphatic carbocycles. The van der Waals surface area contributed by atoms with Crippen molar-refractivity contribution in [3.63, 3.8) is 0 Å². The van der Waals surface area contributed by atoms with E-state index in [2.05, 4.69) is 17.6 Å². The minimum absolute atomic E-state index is 0.0822. The van der Waals surface area contributed by atoms with Gasteiger partial charge >= 0.3 is 6.03 Å². The van der Waals surface area contributed by atoms with Crippen LogP contribution in [-0.4, -0.2) is 30.6 Å². The summed E-state index contributed by atoms with van der Waals surface area (Å²) in [5.41, 5.74) is 1.07. The highest BCUT2D eigenvalue weighted by atomic mass is 16.5. The number of nitrogens with two attached hydrogens (primary N) is 1. The smallest absolute Gasteiger partial charge is 0.322 e. The molecule has 0 spiro atoms. The monoisotopic (exact) mass is 414 g/mol. The fourth-order valence-electron chi connectivity index (χ4n) is 6.53. The molecule has 6 nitrogen and oxygen atoms in total. The van der Waals surface area contributed by atoms with Gasteiger partial charge in [-0.1, -0.05) is 6.92 Å². The molecule has 4 saturated carbocycles. The zero-order valence-corrected chi connectivity index (χ0v) is 18.4.